The molecule has 4 rings (SSSR count). The Bertz CT molecular complexity index is 616. The molecule has 2 aliphatic rings. The Labute approximate surface area is 136 Å². The third kappa shape index (κ3) is 3.41. The van der Waals surface area contributed by atoms with Gasteiger partial charge in [0.05, 0.1) is 18.1 Å². The van der Waals surface area contributed by atoms with Crippen LogP contribution in [0.5, 0.6) is 0 Å². The van der Waals surface area contributed by atoms with Crippen LogP contribution >= 0.6 is 0 Å². The molecule has 0 saturated carbocycles. The van der Waals surface area contributed by atoms with Crippen LogP contribution in [0.3, 0.4) is 0 Å². The maximum atomic E-state index is 6.22. The van der Waals surface area contributed by atoms with E-state index in [0.29, 0.717) is 6.04 Å². The summed E-state index contributed by atoms with van der Waals surface area (Å²) in [6, 6.07) is 8.47. The quantitative estimate of drug-likeness (QED) is 0.940. The largest absolute Gasteiger partial charge is 0.472 e. The molecule has 4 heterocycles. The zero-order valence-electron chi connectivity index (χ0n) is 13.3. The summed E-state index contributed by atoms with van der Waals surface area (Å²) < 4.78 is 11.4. The minimum atomic E-state index is -0.00552. The van der Waals surface area contributed by atoms with Gasteiger partial charge >= 0.3 is 0 Å². The minimum Gasteiger partial charge on any atom is -0.472 e. The molecule has 1 spiro atoms. The fourth-order valence-corrected chi connectivity index (χ4v) is 3.80. The van der Waals surface area contributed by atoms with Crippen molar-refractivity contribution < 1.29 is 9.15 Å². The molecule has 0 unspecified atom stereocenters. The van der Waals surface area contributed by atoms with Crippen LogP contribution in [0, 0.1) is 0 Å². The number of anilines is 1. The number of rotatable bonds is 4. The van der Waals surface area contributed by atoms with Crippen molar-refractivity contribution in [3.63, 3.8) is 0 Å². The normalized spacial score (nSPS) is 28.3. The van der Waals surface area contributed by atoms with E-state index in [1.54, 1.807) is 6.26 Å². The third-order valence-corrected chi connectivity index (χ3v) is 4.89. The fourth-order valence-electron chi connectivity index (χ4n) is 3.80. The predicted octanol–water partition coefficient (Wildman–Crippen LogP) is 2.91. The number of pyridine rings is 1. The SMILES string of the molecule is c1ccc(N[C@@H]2CCO[C@]3(CCN(Cc4ccoc4)C3)C2)nc1. The van der Waals surface area contributed by atoms with Gasteiger partial charge in [-0.05, 0) is 37.5 Å². The van der Waals surface area contributed by atoms with Crippen molar-refractivity contribution in [3.8, 4) is 0 Å². The standard InChI is InChI=1S/C18H23N3O2/c1-2-7-19-17(3-1)20-16-5-10-23-18(11-16)6-8-21(14-18)12-15-4-9-22-13-15/h1-4,7,9,13,16H,5-6,8,10-12,14H2,(H,19,20)/t16-,18-/m1/s1. The molecule has 2 aromatic rings. The molecule has 2 aliphatic heterocycles. The summed E-state index contributed by atoms with van der Waals surface area (Å²) in [6.07, 6.45) is 8.60. The summed E-state index contributed by atoms with van der Waals surface area (Å²) in [5, 5.41) is 3.57. The second kappa shape index (κ2) is 6.34. The van der Waals surface area contributed by atoms with Gasteiger partial charge in [0.25, 0.3) is 0 Å². The molecular formula is C18H23N3O2. The Hall–Kier alpha value is -1.85. The topological polar surface area (TPSA) is 50.5 Å². The van der Waals surface area contributed by atoms with Crippen molar-refractivity contribution >= 4 is 5.82 Å². The molecule has 2 saturated heterocycles. The van der Waals surface area contributed by atoms with Gasteiger partial charge in [-0.2, -0.15) is 0 Å². The summed E-state index contributed by atoms with van der Waals surface area (Å²) in [5.41, 5.74) is 1.23. The Morgan fingerprint density at radius 1 is 1.35 bits per heavy atom. The van der Waals surface area contributed by atoms with E-state index < -0.39 is 0 Å². The van der Waals surface area contributed by atoms with Crippen LogP contribution in [0.4, 0.5) is 5.82 Å². The monoisotopic (exact) mass is 313 g/mol. The molecule has 0 bridgehead atoms. The summed E-state index contributed by atoms with van der Waals surface area (Å²) in [6.45, 7) is 3.85. The van der Waals surface area contributed by atoms with Crippen LogP contribution in [0.25, 0.3) is 0 Å². The molecule has 0 aromatic carbocycles. The van der Waals surface area contributed by atoms with Gasteiger partial charge in [0, 0.05) is 44.0 Å². The molecule has 2 aromatic heterocycles. The number of hydrogen-bond acceptors (Lipinski definition) is 5. The first-order valence-corrected chi connectivity index (χ1v) is 8.36. The van der Waals surface area contributed by atoms with Gasteiger partial charge in [-0.25, -0.2) is 4.98 Å². The van der Waals surface area contributed by atoms with E-state index in [0.717, 1.165) is 51.3 Å². The number of ether oxygens (including phenoxy) is 1. The molecule has 0 radical (unpaired) electrons. The Morgan fingerprint density at radius 3 is 3.17 bits per heavy atom. The Morgan fingerprint density at radius 2 is 2.35 bits per heavy atom. The van der Waals surface area contributed by atoms with Gasteiger partial charge in [0.15, 0.2) is 0 Å². The van der Waals surface area contributed by atoms with Crippen molar-refractivity contribution in [2.45, 2.75) is 37.5 Å². The Kier molecular flexibility index (Phi) is 4.06. The zero-order chi connectivity index (χ0) is 15.5. The fraction of sp³-hybridized carbons (Fsp3) is 0.500. The van der Waals surface area contributed by atoms with Crippen LogP contribution in [-0.4, -0.2) is 41.2 Å². The molecule has 23 heavy (non-hydrogen) atoms. The van der Waals surface area contributed by atoms with Crippen molar-refractivity contribution in [1.82, 2.24) is 9.88 Å². The highest BCUT2D eigenvalue weighted by molar-refractivity contribution is 5.34. The first-order valence-electron chi connectivity index (χ1n) is 8.36. The molecule has 122 valence electrons. The van der Waals surface area contributed by atoms with Gasteiger partial charge in [-0.1, -0.05) is 6.07 Å². The molecule has 0 aliphatic carbocycles. The second-order valence-electron chi connectivity index (χ2n) is 6.67. The maximum Gasteiger partial charge on any atom is 0.126 e. The third-order valence-electron chi connectivity index (χ3n) is 4.89. The average molecular weight is 313 g/mol. The average Bonchev–Trinajstić information content (AvgIpc) is 3.20. The lowest BCUT2D eigenvalue weighted by Gasteiger charge is -2.38. The van der Waals surface area contributed by atoms with Crippen LogP contribution < -0.4 is 5.32 Å². The van der Waals surface area contributed by atoms with Gasteiger partial charge < -0.3 is 14.5 Å². The van der Waals surface area contributed by atoms with Crippen molar-refractivity contribution in [2.75, 3.05) is 25.0 Å². The molecule has 5 heteroatoms. The molecule has 5 nitrogen and oxygen atoms in total. The van der Waals surface area contributed by atoms with Gasteiger partial charge in [0.1, 0.15) is 5.82 Å². The first kappa shape index (κ1) is 14.7. The van der Waals surface area contributed by atoms with Gasteiger partial charge in [0.2, 0.25) is 0 Å². The Balaban J connectivity index is 1.37. The second-order valence-corrected chi connectivity index (χ2v) is 6.67. The van der Waals surface area contributed by atoms with Crippen molar-refractivity contribution in [1.29, 1.82) is 0 Å². The number of nitrogens with one attached hydrogen (secondary N) is 1. The van der Waals surface area contributed by atoms with E-state index in [-0.39, 0.29) is 5.60 Å². The summed E-state index contributed by atoms with van der Waals surface area (Å²) in [5.74, 6) is 0.961. The van der Waals surface area contributed by atoms with E-state index in [1.807, 2.05) is 36.7 Å². The molecule has 0 amide bonds. The lowest BCUT2D eigenvalue weighted by molar-refractivity contribution is -0.0737. The van der Waals surface area contributed by atoms with Crippen LogP contribution in [0.1, 0.15) is 24.8 Å². The number of furan rings is 1. The van der Waals surface area contributed by atoms with E-state index in [2.05, 4.69) is 15.2 Å². The number of aromatic nitrogens is 1. The van der Waals surface area contributed by atoms with Crippen LogP contribution in [0.2, 0.25) is 0 Å². The number of hydrogen-bond donors (Lipinski definition) is 1. The van der Waals surface area contributed by atoms with Crippen molar-refractivity contribution in [2.24, 2.45) is 0 Å². The molecular weight excluding hydrogens is 290 g/mol. The summed E-state index contributed by atoms with van der Waals surface area (Å²) >= 11 is 0. The number of nitrogens with zero attached hydrogens (tertiary/aromatic N) is 2. The van der Waals surface area contributed by atoms with E-state index in [4.69, 9.17) is 9.15 Å². The molecule has 2 fully saturated rings. The van der Waals surface area contributed by atoms with E-state index in [9.17, 15) is 0 Å². The number of likely N-dealkylation sites (tertiary alicyclic amines) is 1. The maximum absolute atomic E-state index is 6.22. The van der Waals surface area contributed by atoms with Crippen molar-refractivity contribution in [3.05, 3.63) is 48.6 Å². The minimum absolute atomic E-state index is 0.00552. The smallest absolute Gasteiger partial charge is 0.126 e. The van der Waals surface area contributed by atoms with E-state index >= 15 is 0 Å². The first-order chi connectivity index (χ1) is 11.3. The van der Waals surface area contributed by atoms with E-state index in [1.165, 1.54) is 5.56 Å². The van der Waals surface area contributed by atoms with Crippen LogP contribution in [0.15, 0.2) is 47.4 Å². The molecule has 2 atom stereocenters. The van der Waals surface area contributed by atoms with Crippen LogP contribution in [-0.2, 0) is 11.3 Å². The molecule has 1 N–H and O–H groups in total. The van der Waals surface area contributed by atoms with Gasteiger partial charge in [-0.15, -0.1) is 0 Å². The highest BCUT2D eigenvalue weighted by Gasteiger charge is 2.43. The zero-order valence-corrected chi connectivity index (χ0v) is 13.3. The lowest BCUT2D eigenvalue weighted by Crippen LogP contribution is -2.46. The highest BCUT2D eigenvalue weighted by Crippen LogP contribution is 2.35. The predicted molar refractivity (Wildman–Crippen MR) is 88.2 cm³/mol. The summed E-state index contributed by atoms with van der Waals surface area (Å²) in [4.78, 5) is 6.85. The van der Waals surface area contributed by atoms with Gasteiger partial charge in [-0.3, -0.25) is 4.90 Å². The lowest BCUT2D eigenvalue weighted by atomic mass is 9.89. The summed E-state index contributed by atoms with van der Waals surface area (Å²) in [7, 11) is 0. The highest BCUT2D eigenvalue weighted by atomic mass is 16.5.